The van der Waals surface area contributed by atoms with Crippen molar-refractivity contribution in [2.45, 2.75) is 0 Å². The number of nitrogens with zero attached hydrogens (tertiary/aromatic N) is 2. The highest BCUT2D eigenvalue weighted by molar-refractivity contribution is 7.13. The minimum Gasteiger partial charge on any atom is -0.322 e. The molecule has 0 saturated heterocycles. The van der Waals surface area contributed by atoms with E-state index >= 15 is 0 Å². The largest absolute Gasteiger partial charge is 0.322 e. The summed E-state index contributed by atoms with van der Waals surface area (Å²) in [4.78, 5) is 21.0. The van der Waals surface area contributed by atoms with E-state index in [1.54, 1.807) is 30.6 Å². The number of pyridine rings is 1. The van der Waals surface area contributed by atoms with E-state index in [-0.39, 0.29) is 5.56 Å². The minimum absolute atomic E-state index is 0.223. The molecule has 138 valence electrons. The first-order valence-electron chi connectivity index (χ1n) is 8.33. The monoisotopic (exact) mass is 393 g/mol. The van der Waals surface area contributed by atoms with Gasteiger partial charge >= 0.3 is 0 Å². The molecule has 1 N–H and O–H groups in total. The van der Waals surface area contributed by atoms with Crippen LogP contribution in [0, 0.1) is 11.6 Å². The number of carbonyl (C=O) groups is 1. The van der Waals surface area contributed by atoms with Gasteiger partial charge in [0.05, 0.1) is 11.3 Å². The normalized spacial score (nSPS) is 10.6. The third-order valence-corrected chi connectivity index (χ3v) is 4.90. The summed E-state index contributed by atoms with van der Waals surface area (Å²) in [5, 5.41) is 5.39. The Morgan fingerprint density at radius 3 is 2.64 bits per heavy atom. The van der Waals surface area contributed by atoms with E-state index in [4.69, 9.17) is 0 Å². The molecule has 0 fully saturated rings. The average molecular weight is 393 g/mol. The fraction of sp³-hybridized carbons (Fsp3) is 0. The van der Waals surface area contributed by atoms with Crippen molar-refractivity contribution in [2.75, 3.05) is 5.32 Å². The Morgan fingerprint density at radius 2 is 1.86 bits per heavy atom. The molecule has 7 heteroatoms. The first-order chi connectivity index (χ1) is 13.6. The highest BCUT2D eigenvalue weighted by Gasteiger charge is 2.13. The molecule has 28 heavy (non-hydrogen) atoms. The van der Waals surface area contributed by atoms with E-state index in [2.05, 4.69) is 15.3 Å². The van der Waals surface area contributed by atoms with Crippen LogP contribution in [0.5, 0.6) is 0 Å². The average Bonchev–Trinajstić information content (AvgIpc) is 3.19. The Kier molecular flexibility index (Phi) is 4.90. The molecule has 1 amide bonds. The highest BCUT2D eigenvalue weighted by atomic mass is 32.1. The van der Waals surface area contributed by atoms with Crippen LogP contribution in [0.15, 0.2) is 72.4 Å². The third-order valence-electron chi connectivity index (χ3n) is 4.00. The summed E-state index contributed by atoms with van der Waals surface area (Å²) >= 11 is 1.49. The Bertz CT molecular complexity index is 1150. The summed E-state index contributed by atoms with van der Waals surface area (Å²) in [6.07, 6.45) is 3.45. The number of hydrogen-bond acceptors (Lipinski definition) is 4. The lowest BCUT2D eigenvalue weighted by Gasteiger charge is -2.07. The maximum atomic E-state index is 13.8. The number of anilines is 1. The van der Waals surface area contributed by atoms with Gasteiger partial charge in [0.15, 0.2) is 0 Å². The van der Waals surface area contributed by atoms with Crippen molar-refractivity contribution >= 4 is 22.9 Å². The zero-order chi connectivity index (χ0) is 19.5. The number of carbonyl (C=O) groups excluding carboxylic acids is 1. The summed E-state index contributed by atoms with van der Waals surface area (Å²) in [6.45, 7) is 0. The zero-order valence-electron chi connectivity index (χ0n) is 14.4. The van der Waals surface area contributed by atoms with Crippen LogP contribution in [0.4, 0.5) is 14.5 Å². The molecule has 0 atom stereocenters. The van der Waals surface area contributed by atoms with Gasteiger partial charge in [0.25, 0.3) is 5.91 Å². The molecule has 2 aromatic heterocycles. The Balaban J connectivity index is 1.57. The van der Waals surface area contributed by atoms with Gasteiger partial charge in [-0.05, 0) is 36.4 Å². The fourth-order valence-corrected chi connectivity index (χ4v) is 3.48. The number of aromatic nitrogens is 2. The van der Waals surface area contributed by atoms with Crippen LogP contribution >= 0.6 is 11.3 Å². The van der Waals surface area contributed by atoms with E-state index in [9.17, 15) is 13.6 Å². The maximum absolute atomic E-state index is 13.8. The zero-order valence-corrected chi connectivity index (χ0v) is 15.2. The van der Waals surface area contributed by atoms with Crippen LogP contribution in [0.3, 0.4) is 0 Å². The topological polar surface area (TPSA) is 54.9 Å². The number of thiazole rings is 1. The van der Waals surface area contributed by atoms with Crippen LogP contribution in [0.25, 0.3) is 21.8 Å². The lowest BCUT2D eigenvalue weighted by molar-refractivity contribution is 0.102. The lowest BCUT2D eigenvalue weighted by atomic mass is 10.1. The summed E-state index contributed by atoms with van der Waals surface area (Å²) in [7, 11) is 0. The van der Waals surface area contributed by atoms with Crippen molar-refractivity contribution < 1.29 is 13.6 Å². The second-order valence-corrected chi connectivity index (χ2v) is 6.80. The van der Waals surface area contributed by atoms with Crippen LogP contribution in [0.2, 0.25) is 0 Å². The van der Waals surface area contributed by atoms with Gasteiger partial charge in [0, 0.05) is 40.7 Å². The van der Waals surface area contributed by atoms with Crippen LogP contribution in [-0.2, 0) is 0 Å². The molecule has 0 spiro atoms. The molecule has 0 bridgehead atoms. The van der Waals surface area contributed by atoms with Gasteiger partial charge in [-0.25, -0.2) is 13.8 Å². The van der Waals surface area contributed by atoms with Crippen molar-refractivity contribution in [1.82, 2.24) is 9.97 Å². The number of nitrogens with one attached hydrogen (secondary N) is 1. The molecular formula is C21H13F2N3OS. The van der Waals surface area contributed by atoms with Gasteiger partial charge < -0.3 is 5.32 Å². The SMILES string of the molecule is O=C(Nc1cccc(-c2csc(-c3cccnc3)n2)c1)c1ccc(F)cc1F. The molecule has 0 aliphatic carbocycles. The summed E-state index contributed by atoms with van der Waals surface area (Å²) in [6, 6.07) is 13.7. The van der Waals surface area contributed by atoms with E-state index in [0.717, 1.165) is 34.0 Å². The molecule has 2 heterocycles. The number of halogens is 2. The molecule has 4 aromatic rings. The number of amides is 1. The van der Waals surface area contributed by atoms with Crippen LogP contribution in [0.1, 0.15) is 10.4 Å². The van der Waals surface area contributed by atoms with Crippen molar-refractivity contribution in [3.63, 3.8) is 0 Å². The predicted molar refractivity (Wildman–Crippen MR) is 105 cm³/mol. The number of rotatable bonds is 4. The molecule has 0 aliphatic heterocycles. The number of hydrogen-bond donors (Lipinski definition) is 1. The van der Waals surface area contributed by atoms with Crippen molar-refractivity contribution in [1.29, 1.82) is 0 Å². The van der Waals surface area contributed by atoms with Gasteiger partial charge in [0.2, 0.25) is 0 Å². The first kappa shape index (κ1) is 17.9. The quantitative estimate of drug-likeness (QED) is 0.505. The van der Waals surface area contributed by atoms with E-state index in [0.29, 0.717) is 11.8 Å². The van der Waals surface area contributed by atoms with E-state index in [1.165, 1.54) is 11.3 Å². The molecule has 4 rings (SSSR count). The van der Waals surface area contributed by atoms with E-state index < -0.39 is 17.5 Å². The fourth-order valence-electron chi connectivity index (χ4n) is 2.66. The van der Waals surface area contributed by atoms with Gasteiger partial charge in [-0.1, -0.05) is 12.1 Å². The van der Waals surface area contributed by atoms with Gasteiger partial charge in [-0.15, -0.1) is 11.3 Å². The Labute approximate surface area is 163 Å². The van der Waals surface area contributed by atoms with Crippen molar-refractivity contribution in [2.24, 2.45) is 0 Å². The molecule has 0 aliphatic rings. The van der Waals surface area contributed by atoms with Crippen molar-refractivity contribution in [3.8, 4) is 21.8 Å². The molecule has 4 nitrogen and oxygen atoms in total. The minimum atomic E-state index is -0.908. The van der Waals surface area contributed by atoms with Gasteiger partial charge in [-0.2, -0.15) is 0 Å². The Hall–Kier alpha value is -3.45. The van der Waals surface area contributed by atoms with Crippen molar-refractivity contribution in [3.05, 3.63) is 89.6 Å². The standard InChI is InChI=1S/C21H13F2N3OS/c22-15-6-7-17(18(23)10-15)20(27)25-16-5-1-3-13(9-16)19-12-28-21(26-19)14-4-2-8-24-11-14/h1-12H,(H,25,27). The van der Waals surface area contributed by atoms with Gasteiger partial charge in [0.1, 0.15) is 16.6 Å². The molecule has 0 saturated carbocycles. The second kappa shape index (κ2) is 7.66. The van der Waals surface area contributed by atoms with Gasteiger partial charge in [-0.3, -0.25) is 9.78 Å². The molecule has 0 radical (unpaired) electrons. The Morgan fingerprint density at radius 1 is 1.00 bits per heavy atom. The lowest BCUT2D eigenvalue weighted by Crippen LogP contribution is -2.13. The van der Waals surface area contributed by atoms with Crippen LogP contribution < -0.4 is 5.32 Å². The third kappa shape index (κ3) is 3.79. The molecule has 2 aromatic carbocycles. The summed E-state index contributed by atoms with van der Waals surface area (Å²) in [5.41, 5.74) is 2.76. The number of benzene rings is 2. The van der Waals surface area contributed by atoms with E-state index in [1.807, 2.05) is 23.6 Å². The molecule has 0 unspecified atom stereocenters. The summed E-state index contributed by atoms with van der Waals surface area (Å²) in [5.74, 6) is -2.29. The smallest absolute Gasteiger partial charge is 0.258 e. The first-order valence-corrected chi connectivity index (χ1v) is 9.21. The highest BCUT2D eigenvalue weighted by Crippen LogP contribution is 2.29. The summed E-state index contributed by atoms with van der Waals surface area (Å²) < 4.78 is 26.8. The van der Waals surface area contributed by atoms with Crippen LogP contribution in [-0.4, -0.2) is 15.9 Å². The predicted octanol–water partition coefficient (Wildman–Crippen LogP) is 5.40. The maximum Gasteiger partial charge on any atom is 0.258 e. The second-order valence-electron chi connectivity index (χ2n) is 5.94. The molecular weight excluding hydrogens is 380 g/mol.